The molecule has 0 aromatic heterocycles. The van der Waals surface area contributed by atoms with Crippen molar-refractivity contribution >= 4 is 5.91 Å². The van der Waals surface area contributed by atoms with Gasteiger partial charge in [0.2, 0.25) is 5.91 Å². The minimum atomic E-state index is -0.965. The molecule has 2 fully saturated rings. The second-order valence-electron chi connectivity index (χ2n) is 7.88. The summed E-state index contributed by atoms with van der Waals surface area (Å²) in [5, 5.41) is 13.3. The number of fused-ring (bicyclic) bond motifs is 2. The number of amides is 1. The third kappa shape index (κ3) is 2.36. The van der Waals surface area contributed by atoms with Crippen LogP contribution in [-0.4, -0.2) is 23.2 Å². The summed E-state index contributed by atoms with van der Waals surface area (Å²) in [6, 6.07) is 9.88. The molecule has 0 saturated heterocycles. The second-order valence-corrected chi connectivity index (χ2v) is 7.88. The molecule has 3 heteroatoms. The number of hydrogen-bond acceptors (Lipinski definition) is 2. The molecule has 2 bridgehead atoms. The van der Waals surface area contributed by atoms with Crippen LogP contribution in [0.4, 0.5) is 0 Å². The summed E-state index contributed by atoms with van der Waals surface area (Å²) in [6.07, 6.45) is 2.90. The molecule has 3 nitrogen and oxygen atoms in total. The monoisotopic (exact) mass is 301 g/mol. The minimum absolute atomic E-state index is 0.153. The van der Waals surface area contributed by atoms with Gasteiger partial charge < -0.3 is 10.4 Å². The van der Waals surface area contributed by atoms with Gasteiger partial charge in [0.1, 0.15) is 6.10 Å². The Bertz CT molecular complexity index is 554. The van der Waals surface area contributed by atoms with Crippen molar-refractivity contribution in [2.75, 3.05) is 0 Å². The van der Waals surface area contributed by atoms with E-state index in [2.05, 4.69) is 26.1 Å². The smallest absolute Gasteiger partial charge is 0.249 e. The molecular weight excluding hydrogens is 274 g/mol. The maximum atomic E-state index is 12.4. The van der Waals surface area contributed by atoms with Crippen LogP contribution in [0, 0.1) is 16.7 Å². The van der Waals surface area contributed by atoms with Gasteiger partial charge in [0.05, 0.1) is 0 Å². The molecule has 0 spiro atoms. The van der Waals surface area contributed by atoms with E-state index in [1.54, 1.807) is 0 Å². The van der Waals surface area contributed by atoms with Crippen LogP contribution in [0.1, 0.15) is 45.6 Å². The molecule has 1 amide bonds. The Morgan fingerprint density at radius 3 is 2.55 bits per heavy atom. The molecule has 2 N–H and O–H groups in total. The van der Waals surface area contributed by atoms with Crippen molar-refractivity contribution in [3.63, 3.8) is 0 Å². The average molecular weight is 301 g/mol. The molecule has 120 valence electrons. The SMILES string of the molecule is CC1(C)[C@@H]2CC[C@@]1(C)C(NC(=O)[C@@H](O)Cc1ccccc1)C2. The summed E-state index contributed by atoms with van der Waals surface area (Å²) >= 11 is 0. The molecule has 0 aliphatic heterocycles. The molecule has 3 rings (SSSR count). The largest absolute Gasteiger partial charge is 0.383 e. The van der Waals surface area contributed by atoms with E-state index in [9.17, 15) is 9.90 Å². The van der Waals surface area contributed by atoms with Crippen LogP contribution in [0.5, 0.6) is 0 Å². The molecule has 2 aliphatic carbocycles. The first-order valence-electron chi connectivity index (χ1n) is 8.37. The zero-order valence-corrected chi connectivity index (χ0v) is 13.8. The van der Waals surface area contributed by atoms with E-state index in [0.717, 1.165) is 12.0 Å². The Morgan fingerprint density at radius 2 is 2.00 bits per heavy atom. The lowest BCUT2D eigenvalue weighted by molar-refractivity contribution is -0.131. The van der Waals surface area contributed by atoms with E-state index >= 15 is 0 Å². The molecular formula is C19H27NO2. The quantitative estimate of drug-likeness (QED) is 0.898. The number of carbonyl (C=O) groups excluding carboxylic acids is 1. The Kier molecular flexibility index (Phi) is 3.80. The number of hydrogen-bond donors (Lipinski definition) is 2. The van der Waals surface area contributed by atoms with Crippen LogP contribution >= 0.6 is 0 Å². The highest BCUT2D eigenvalue weighted by Crippen LogP contribution is 2.65. The standard InChI is InChI=1S/C19H27NO2/c1-18(2)14-9-10-19(18,3)16(12-14)20-17(22)15(21)11-13-7-5-4-6-8-13/h4-8,14-16,21H,9-12H2,1-3H3,(H,20,22)/t14-,15+,16?,19+/m1/s1. The van der Waals surface area contributed by atoms with Gasteiger partial charge in [-0.3, -0.25) is 4.79 Å². The Hall–Kier alpha value is -1.35. The maximum absolute atomic E-state index is 12.4. The summed E-state index contributed by atoms with van der Waals surface area (Å²) in [4.78, 5) is 12.4. The third-order valence-electron chi connectivity index (χ3n) is 6.69. The van der Waals surface area contributed by atoms with Gasteiger partial charge >= 0.3 is 0 Å². The van der Waals surface area contributed by atoms with Crippen LogP contribution in [0.2, 0.25) is 0 Å². The highest BCUT2D eigenvalue weighted by molar-refractivity contribution is 5.81. The maximum Gasteiger partial charge on any atom is 0.249 e. The second kappa shape index (κ2) is 5.38. The van der Waals surface area contributed by atoms with E-state index in [-0.39, 0.29) is 22.8 Å². The molecule has 2 saturated carbocycles. The predicted octanol–water partition coefficient (Wildman–Crippen LogP) is 2.92. The van der Waals surface area contributed by atoms with Gasteiger partial charge in [0.15, 0.2) is 0 Å². The minimum Gasteiger partial charge on any atom is -0.383 e. The molecule has 2 aliphatic rings. The van der Waals surface area contributed by atoms with Gasteiger partial charge in [-0.05, 0) is 41.6 Å². The highest BCUT2D eigenvalue weighted by atomic mass is 16.3. The summed E-state index contributed by atoms with van der Waals surface area (Å²) in [5.41, 5.74) is 1.42. The number of carbonyl (C=O) groups is 1. The first-order valence-corrected chi connectivity index (χ1v) is 8.37. The van der Waals surface area contributed by atoms with Gasteiger partial charge in [-0.1, -0.05) is 51.1 Å². The number of rotatable bonds is 4. The normalized spacial score (nSPS) is 33.6. The summed E-state index contributed by atoms with van der Waals surface area (Å²) < 4.78 is 0. The van der Waals surface area contributed by atoms with Crippen LogP contribution in [-0.2, 0) is 11.2 Å². The lowest BCUT2D eigenvalue weighted by Gasteiger charge is -2.39. The fourth-order valence-corrected chi connectivity index (χ4v) is 4.62. The van der Waals surface area contributed by atoms with Crippen molar-refractivity contribution < 1.29 is 9.90 Å². The Labute approximate surface area is 133 Å². The van der Waals surface area contributed by atoms with Gasteiger partial charge in [-0.25, -0.2) is 0 Å². The first kappa shape index (κ1) is 15.5. The van der Waals surface area contributed by atoms with Crippen molar-refractivity contribution in [3.8, 4) is 0 Å². The fraction of sp³-hybridized carbons (Fsp3) is 0.632. The Balaban J connectivity index is 1.63. The van der Waals surface area contributed by atoms with Crippen LogP contribution in [0.3, 0.4) is 0 Å². The zero-order valence-electron chi connectivity index (χ0n) is 13.8. The average Bonchev–Trinajstić information content (AvgIpc) is 2.81. The number of aliphatic hydroxyl groups is 1. The topological polar surface area (TPSA) is 49.3 Å². The fourth-order valence-electron chi connectivity index (χ4n) is 4.62. The van der Waals surface area contributed by atoms with E-state index < -0.39 is 6.10 Å². The van der Waals surface area contributed by atoms with Gasteiger partial charge in [-0.2, -0.15) is 0 Å². The number of benzene rings is 1. The van der Waals surface area contributed by atoms with Crippen molar-refractivity contribution in [1.82, 2.24) is 5.32 Å². The lowest BCUT2D eigenvalue weighted by Crippen LogP contribution is -2.50. The predicted molar refractivity (Wildman–Crippen MR) is 87.3 cm³/mol. The number of aliphatic hydroxyl groups excluding tert-OH is 1. The molecule has 0 radical (unpaired) electrons. The van der Waals surface area contributed by atoms with Gasteiger partial charge in [0, 0.05) is 12.5 Å². The molecule has 4 atom stereocenters. The van der Waals surface area contributed by atoms with Crippen molar-refractivity contribution in [2.24, 2.45) is 16.7 Å². The van der Waals surface area contributed by atoms with E-state index in [1.165, 1.54) is 12.8 Å². The van der Waals surface area contributed by atoms with Crippen molar-refractivity contribution in [3.05, 3.63) is 35.9 Å². The van der Waals surface area contributed by atoms with Crippen molar-refractivity contribution in [2.45, 2.75) is 58.6 Å². The van der Waals surface area contributed by atoms with Gasteiger partial charge in [-0.15, -0.1) is 0 Å². The zero-order chi connectivity index (χ0) is 16.0. The summed E-state index contributed by atoms with van der Waals surface area (Å²) in [7, 11) is 0. The molecule has 1 aromatic rings. The molecule has 22 heavy (non-hydrogen) atoms. The molecule has 0 heterocycles. The van der Waals surface area contributed by atoms with E-state index in [1.807, 2.05) is 30.3 Å². The molecule has 1 unspecified atom stereocenters. The highest BCUT2D eigenvalue weighted by Gasteiger charge is 2.61. The van der Waals surface area contributed by atoms with Crippen LogP contribution in [0.15, 0.2) is 30.3 Å². The molecule has 1 aromatic carbocycles. The first-order chi connectivity index (χ1) is 10.3. The summed E-state index contributed by atoms with van der Waals surface area (Å²) in [6.45, 7) is 6.96. The van der Waals surface area contributed by atoms with Crippen molar-refractivity contribution in [1.29, 1.82) is 0 Å². The number of nitrogens with one attached hydrogen (secondary N) is 1. The van der Waals surface area contributed by atoms with E-state index in [0.29, 0.717) is 12.3 Å². The third-order valence-corrected chi connectivity index (χ3v) is 6.69. The van der Waals surface area contributed by atoms with Crippen LogP contribution < -0.4 is 5.32 Å². The lowest BCUT2D eigenvalue weighted by atomic mass is 9.69. The Morgan fingerprint density at radius 1 is 1.32 bits per heavy atom. The van der Waals surface area contributed by atoms with Gasteiger partial charge in [0.25, 0.3) is 0 Å². The van der Waals surface area contributed by atoms with Crippen LogP contribution in [0.25, 0.3) is 0 Å². The van der Waals surface area contributed by atoms with E-state index in [4.69, 9.17) is 0 Å². The summed E-state index contributed by atoms with van der Waals surface area (Å²) in [5.74, 6) is 0.465.